The first-order valence-corrected chi connectivity index (χ1v) is 6.27. The predicted molar refractivity (Wildman–Crippen MR) is 79.2 cm³/mol. The monoisotopic (exact) mass is 371 g/mol. The lowest BCUT2D eigenvalue weighted by molar-refractivity contribution is -0.384. The predicted octanol–water partition coefficient (Wildman–Crippen LogP) is 3.58. The lowest BCUT2D eigenvalue weighted by Gasteiger charge is -1.92. The highest BCUT2D eigenvalue weighted by atomic mass is 127. The smallest absolute Gasteiger partial charge is 0.335 e. The van der Waals surface area contributed by atoms with Gasteiger partial charge in [0.05, 0.1) is 10.5 Å². The Hall–Kier alpha value is -1.96. The normalized spacial score (nSPS) is 9.11. The number of carboxylic acid groups (broad SMARTS) is 1. The molecule has 2 aromatic carbocycles. The molecule has 6 heteroatoms. The molecule has 5 nitrogen and oxygen atoms in total. The van der Waals surface area contributed by atoms with E-state index in [2.05, 4.69) is 34.7 Å². The van der Waals surface area contributed by atoms with E-state index in [4.69, 9.17) is 5.11 Å². The van der Waals surface area contributed by atoms with Crippen LogP contribution in [0.3, 0.4) is 0 Å². The number of halogens is 1. The molecule has 0 fully saturated rings. The Morgan fingerprint density at radius 2 is 1.58 bits per heavy atom. The van der Waals surface area contributed by atoms with E-state index in [9.17, 15) is 14.9 Å². The van der Waals surface area contributed by atoms with Crippen molar-refractivity contribution in [3.63, 3.8) is 0 Å². The fourth-order valence-electron chi connectivity index (χ4n) is 1.14. The Morgan fingerprint density at radius 3 is 1.89 bits per heavy atom. The molecule has 1 N–H and O–H groups in total. The third-order valence-electron chi connectivity index (χ3n) is 2.06. The van der Waals surface area contributed by atoms with E-state index in [0.29, 0.717) is 0 Å². The third-order valence-corrected chi connectivity index (χ3v) is 2.78. The second-order valence-corrected chi connectivity index (χ2v) is 4.65. The van der Waals surface area contributed by atoms with Crippen LogP contribution in [0.1, 0.15) is 10.4 Å². The van der Waals surface area contributed by atoms with Gasteiger partial charge in [-0.05, 0) is 46.9 Å². The van der Waals surface area contributed by atoms with Gasteiger partial charge in [0.1, 0.15) is 0 Å². The fourth-order valence-corrected chi connectivity index (χ4v) is 1.56. The lowest BCUT2D eigenvalue weighted by atomic mass is 10.2. The number of nitro groups is 1. The summed E-state index contributed by atoms with van der Waals surface area (Å²) in [5.74, 6) is -1.09. The molecule has 0 amide bonds. The van der Waals surface area contributed by atoms with Crippen molar-refractivity contribution in [3.05, 3.63) is 73.8 Å². The van der Waals surface area contributed by atoms with Gasteiger partial charge in [0.15, 0.2) is 0 Å². The van der Waals surface area contributed by atoms with Crippen LogP contribution in [0.5, 0.6) is 0 Å². The van der Waals surface area contributed by atoms with Crippen LogP contribution >= 0.6 is 22.6 Å². The standard InChI is InChI=1S/C7H5NO4.C6H5I/c9-7(10)5-1-3-6(4-2-5)8(11)12;7-6-4-2-1-3-5-6/h1-4H,(H,9,10);1-5H. The van der Waals surface area contributed by atoms with E-state index in [1.165, 1.54) is 15.7 Å². The number of carbonyl (C=O) groups is 1. The van der Waals surface area contributed by atoms with Crippen LogP contribution in [0.2, 0.25) is 0 Å². The Labute approximate surface area is 123 Å². The number of nitro benzene ring substituents is 1. The summed E-state index contributed by atoms with van der Waals surface area (Å²) >= 11 is 2.28. The number of non-ortho nitro benzene ring substituents is 1. The van der Waals surface area contributed by atoms with Gasteiger partial charge < -0.3 is 5.11 Å². The van der Waals surface area contributed by atoms with Crippen molar-refractivity contribution in [2.24, 2.45) is 0 Å². The van der Waals surface area contributed by atoms with Crippen molar-refractivity contribution >= 4 is 34.2 Å². The lowest BCUT2D eigenvalue weighted by Crippen LogP contribution is -1.96. The van der Waals surface area contributed by atoms with Crippen LogP contribution in [0.4, 0.5) is 5.69 Å². The summed E-state index contributed by atoms with van der Waals surface area (Å²) in [4.78, 5) is 19.9. The van der Waals surface area contributed by atoms with Gasteiger partial charge in [0, 0.05) is 15.7 Å². The number of hydrogen-bond donors (Lipinski definition) is 1. The minimum Gasteiger partial charge on any atom is -0.478 e. The molecule has 0 aliphatic carbocycles. The number of aromatic carboxylic acids is 1. The molecule has 0 atom stereocenters. The summed E-state index contributed by atoms with van der Waals surface area (Å²) in [5, 5.41) is 18.6. The van der Waals surface area contributed by atoms with Crippen LogP contribution in [-0.2, 0) is 0 Å². The van der Waals surface area contributed by atoms with Crippen molar-refractivity contribution in [1.82, 2.24) is 0 Å². The molecule has 19 heavy (non-hydrogen) atoms. The zero-order chi connectivity index (χ0) is 14.3. The number of benzene rings is 2. The van der Waals surface area contributed by atoms with Crippen LogP contribution in [0.25, 0.3) is 0 Å². The Balaban J connectivity index is 0.000000218. The highest BCUT2D eigenvalue weighted by Gasteiger charge is 2.06. The van der Waals surface area contributed by atoms with Crippen molar-refractivity contribution in [2.75, 3.05) is 0 Å². The van der Waals surface area contributed by atoms with Gasteiger partial charge in [-0.3, -0.25) is 10.1 Å². The molecule has 0 aromatic heterocycles. The molecule has 98 valence electrons. The molecular formula is C13H10INO4. The number of rotatable bonds is 2. The molecule has 0 bridgehead atoms. The zero-order valence-corrected chi connectivity index (χ0v) is 11.9. The molecule has 0 heterocycles. The minimum atomic E-state index is -1.09. The summed E-state index contributed by atoms with van der Waals surface area (Å²) in [6.45, 7) is 0. The van der Waals surface area contributed by atoms with E-state index < -0.39 is 10.9 Å². The van der Waals surface area contributed by atoms with Gasteiger partial charge in [-0.15, -0.1) is 0 Å². The molecule has 2 aromatic rings. The number of carboxylic acids is 1. The van der Waals surface area contributed by atoms with Crippen molar-refractivity contribution in [1.29, 1.82) is 0 Å². The number of nitrogens with zero attached hydrogens (tertiary/aromatic N) is 1. The molecule has 0 aliphatic rings. The molecule has 0 saturated heterocycles. The first-order valence-electron chi connectivity index (χ1n) is 5.19. The summed E-state index contributed by atoms with van der Waals surface area (Å²) in [6, 6.07) is 14.9. The minimum absolute atomic E-state index is 0.0422. The van der Waals surface area contributed by atoms with Crippen molar-refractivity contribution in [2.45, 2.75) is 0 Å². The molecular weight excluding hydrogens is 361 g/mol. The van der Waals surface area contributed by atoms with Crippen LogP contribution in [0.15, 0.2) is 54.6 Å². The maximum absolute atomic E-state index is 10.3. The topological polar surface area (TPSA) is 80.4 Å². The van der Waals surface area contributed by atoms with Gasteiger partial charge in [-0.1, -0.05) is 18.2 Å². The third kappa shape index (κ3) is 5.47. The van der Waals surface area contributed by atoms with Crippen molar-refractivity contribution < 1.29 is 14.8 Å². The van der Waals surface area contributed by atoms with Crippen LogP contribution in [0, 0.1) is 13.7 Å². The Kier molecular flexibility index (Phi) is 5.94. The highest BCUT2D eigenvalue weighted by molar-refractivity contribution is 14.1. The summed E-state index contributed by atoms with van der Waals surface area (Å²) in [7, 11) is 0. The van der Waals surface area contributed by atoms with Gasteiger partial charge in [-0.2, -0.15) is 0 Å². The highest BCUT2D eigenvalue weighted by Crippen LogP contribution is 2.11. The fraction of sp³-hybridized carbons (Fsp3) is 0. The van der Waals surface area contributed by atoms with E-state index in [-0.39, 0.29) is 11.3 Å². The molecule has 0 radical (unpaired) electrons. The second kappa shape index (κ2) is 7.47. The average Bonchev–Trinajstić information content (AvgIpc) is 2.40. The number of hydrogen-bond acceptors (Lipinski definition) is 3. The quantitative estimate of drug-likeness (QED) is 0.497. The van der Waals surface area contributed by atoms with E-state index in [1.54, 1.807) is 0 Å². The van der Waals surface area contributed by atoms with Gasteiger partial charge in [0.25, 0.3) is 5.69 Å². The average molecular weight is 371 g/mol. The van der Waals surface area contributed by atoms with E-state index in [1.807, 2.05) is 18.2 Å². The summed E-state index contributed by atoms with van der Waals surface area (Å²) < 4.78 is 1.29. The Morgan fingerprint density at radius 1 is 1.05 bits per heavy atom. The van der Waals surface area contributed by atoms with Gasteiger partial charge in [-0.25, -0.2) is 4.79 Å². The zero-order valence-electron chi connectivity index (χ0n) is 9.69. The summed E-state index contributed by atoms with van der Waals surface area (Å²) in [5.41, 5.74) is -0.0689. The van der Waals surface area contributed by atoms with E-state index in [0.717, 1.165) is 12.1 Å². The SMILES string of the molecule is Ic1ccccc1.O=C(O)c1ccc([N+](=O)[O-])cc1. The molecule has 0 spiro atoms. The maximum atomic E-state index is 10.3. The second-order valence-electron chi connectivity index (χ2n) is 3.40. The largest absolute Gasteiger partial charge is 0.478 e. The van der Waals surface area contributed by atoms with Gasteiger partial charge >= 0.3 is 5.97 Å². The molecule has 2 rings (SSSR count). The van der Waals surface area contributed by atoms with Crippen LogP contribution < -0.4 is 0 Å². The maximum Gasteiger partial charge on any atom is 0.335 e. The Bertz CT molecular complexity index is 522. The van der Waals surface area contributed by atoms with Crippen molar-refractivity contribution in [3.8, 4) is 0 Å². The summed E-state index contributed by atoms with van der Waals surface area (Å²) in [6.07, 6.45) is 0. The van der Waals surface area contributed by atoms with Crippen LogP contribution in [-0.4, -0.2) is 16.0 Å². The first kappa shape index (κ1) is 15.1. The molecule has 0 saturated carbocycles. The molecule has 0 unspecified atom stereocenters. The van der Waals surface area contributed by atoms with Gasteiger partial charge in [0.2, 0.25) is 0 Å². The van der Waals surface area contributed by atoms with E-state index >= 15 is 0 Å². The molecule has 0 aliphatic heterocycles. The first-order chi connectivity index (χ1) is 9.00.